The van der Waals surface area contributed by atoms with Crippen LogP contribution >= 0.6 is 12.6 Å². The molecule has 0 atom stereocenters. The summed E-state index contributed by atoms with van der Waals surface area (Å²) >= 11 is 4.09. The summed E-state index contributed by atoms with van der Waals surface area (Å²) in [5, 5.41) is 4.17. The van der Waals surface area contributed by atoms with Gasteiger partial charge < -0.3 is 0 Å². The van der Waals surface area contributed by atoms with Crippen molar-refractivity contribution < 1.29 is 0 Å². The fourth-order valence-electron chi connectivity index (χ4n) is 0.818. The van der Waals surface area contributed by atoms with E-state index in [0.29, 0.717) is 5.88 Å². The van der Waals surface area contributed by atoms with Gasteiger partial charge in [-0.3, -0.25) is 4.68 Å². The molecule has 0 aromatic carbocycles. The maximum atomic E-state index is 4.17. The van der Waals surface area contributed by atoms with E-state index in [1.54, 1.807) is 0 Å². The van der Waals surface area contributed by atoms with Crippen LogP contribution in [0.15, 0.2) is 6.07 Å². The normalized spacial score (nSPS) is 10.1. The fourth-order valence-corrected chi connectivity index (χ4v) is 1.10. The van der Waals surface area contributed by atoms with E-state index in [4.69, 9.17) is 0 Å². The first-order valence-corrected chi connectivity index (χ1v) is 3.49. The van der Waals surface area contributed by atoms with Crippen molar-refractivity contribution >= 4 is 12.6 Å². The first-order valence-electron chi connectivity index (χ1n) is 2.86. The largest absolute Gasteiger partial charge is 0.260 e. The number of nitrogens with zero attached hydrogens (tertiary/aromatic N) is 2. The lowest BCUT2D eigenvalue weighted by Gasteiger charge is -1.94. The minimum Gasteiger partial charge on any atom is -0.260 e. The van der Waals surface area contributed by atoms with Gasteiger partial charge in [-0.05, 0) is 19.9 Å². The Balaban J connectivity index is 3.01. The molecule has 50 valence electrons. The third kappa shape index (κ3) is 1.27. The van der Waals surface area contributed by atoms with Crippen LogP contribution in [0.1, 0.15) is 11.4 Å². The van der Waals surface area contributed by atoms with Gasteiger partial charge in [0.1, 0.15) is 0 Å². The molecule has 0 spiro atoms. The summed E-state index contributed by atoms with van der Waals surface area (Å²) in [6, 6.07) is 2.04. The lowest BCUT2D eigenvalue weighted by atomic mass is 10.4. The minimum absolute atomic E-state index is 0.666. The van der Waals surface area contributed by atoms with Gasteiger partial charge in [0.25, 0.3) is 0 Å². The van der Waals surface area contributed by atoms with Crippen molar-refractivity contribution in [3.05, 3.63) is 17.5 Å². The summed E-state index contributed by atoms with van der Waals surface area (Å²) in [5.41, 5.74) is 2.23. The maximum absolute atomic E-state index is 4.17. The Hall–Kier alpha value is -0.440. The second-order valence-electron chi connectivity index (χ2n) is 2.07. The number of thiol groups is 1. The lowest BCUT2D eigenvalue weighted by Crippen LogP contribution is -1.96. The molecule has 0 aliphatic rings. The average molecular weight is 142 g/mol. The molecule has 0 saturated carbocycles. The highest BCUT2D eigenvalue weighted by Crippen LogP contribution is 2.01. The van der Waals surface area contributed by atoms with Crippen molar-refractivity contribution in [2.75, 3.05) is 0 Å². The van der Waals surface area contributed by atoms with Gasteiger partial charge in [-0.15, -0.1) is 0 Å². The van der Waals surface area contributed by atoms with Gasteiger partial charge in [0.05, 0.1) is 11.6 Å². The van der Waals surface area contributed by atoms with Crippen molar-refractivity contribution in [2.24, 2.45) is 0 Å². The highest BCUT2D eigenvalue weighted by atomic mass is 32.1. The maximum Gasteiger partial charge on any atom is 0.0837 e. The molecule has 0 N–H and O–H groups in total. The van der Waals surface area contributed by atoms with Gasteiger partial charge >= 0.3 is 0 Å². The molecule has 2 nitrogen and oxygen atoms in total. The van der Waals surface area contributed by atoms with Crippen molar-refractivity contribution in [2.45, 2.75) is 19.7 Å². The van der Waals surface area contributed by atoms with E-state index in [9.17, 15) is 0 Å². The van der Waals surface area contributed by atoms with Gasteiger partial charge in [-0.1, -0.05) is 0 Å². The number of aromatic nitrogens is 2. The van der Waals surface area contributed by atoms with Crippen LogP contribution in [0.4, 0.5) is 0 Å². The molecular formula is C6H10N2S. The van der Waals surface area contributed by atoms with Crippen molar-refractivity contribution in [1.29, 1.82) is 0 Å². The molecule has 1 heterocycles. The third-order valence-corrected chi connectivity index (χ3v) is 1.51. The number of aryl methyl sites for hydroxylation is 2. The van der Waals surface area contributed by atoms with E-state index < -0.39 is 0 Å². The molecule has 0 amide bonds. The Morgan fingerprint density at radius 3 is 2.56 bits per heavy atom. The molecule has 1 aromatic rings. The standard InChI is InChI=1S/C6H10N2S/c1-5-3-6(2)8(4-9)7-5/h3,9H,4H2,1-2H3. The average Bonchev–Trinajstić information content (AvgIpc) is 2.10. The Labute approximate surface area is 60.3 Å². The van der Waals surface area contributed by atoms with E-state index in [-0.39, 0.29) is 0 Å². The molecule has 0 fully saturated rings. The van der Waals surface area contributed by atoms with Crippen LogP contribution in [0.5, 0.6) is 0 Å². The zero-order valence-electron chi connectivity index (χ0n) is 5.63. The number of hydrogen-bond donors (Lipinski definition) is 1. The summed E-state index contributed by atoms with van der Waals surface area (Å²) in [6.07, 6.45) is 0. The first kappa shape index (κ1) is 6.68. The van der Waals surface area contributed by atoms with Crippen molar-refractivity contribution in [3.8, 4) is 0 Å². The molecule has 1 rings (SSSR count). The SMILES string of the molecule is Cc1cc(C)n(CS)n1. The van der Waals surface area contributed by atoms with Gasteiger partial charge in [0, 0.05) is 5.69 Å². The van der Waals surface area contributed by atoms with E-state index in [1.165, 1.54) is 5.69 Å². The summed E-state index contributed by atoms with van der Waals surface area (Å²) in [4.78, 5) is 0. The molecule has 0 unspecified atom stereocenters. The summed E-state index contributed by atoms with van der Waals surface area (Å²) < 4.78 is 1.86. The molecule has 0 aliphatic heterocycles. The lowest BCUT2D eigenvalue weighted by molar-refractivity contribution is 0.719. The minimum atomic E-state index is 0.666. The van der Waals surface area contributed by atoms with E-state index >= 15 is 0 Å². The number of hydrogen-bond acceptors (Lipinski definition) is 2. The van der Waals surface area contributed by atoms with Crippen molar-refractivity contribution in [3.63, 3.8) is 0 Å². The van der Waals surface area contributed by atoms with Crippen LogP contribution in [0.25, 0.3) is 0 Å². The third-order valence-electron chi connectivity index (χ3n) is 1.24. The fraction of sp³-hybridized carbons (Fsp3) is 0.500. The molecular weight excluding hydrogens is 132 g/mol. The Bertz CT molecular complexity index is 205. The van der Waals surface area contributed by atoms with Gasteiger partial charge in [0.15, 0.2) is 0 Å². The van der Waals surface area contributed by atoms with Crippen LogP contribution in [-0.2, 0) is 5.88 Å². The van der Waals surface area contributed by atoms with Gasteiger partial charge in [-0.25, -0.2) is 0 Å². The predicted molar refractivity (Wildman–Crippen MR) is 40.7 cm³/mol. The molecule has 0 bridgehead atoms. The second kappa shape index (κ2) is 2.43. The molecule has 1 aromatic heterocycles. The zero-order valence-corrected chi connectivity index (χ0v) is 6.52. The highest BCUT2D eigenvalue weighted by Gasteiger charge is 1.95. The zero-order chi connectivity index (χ0) is 6.85. The number of rotatable bonds is 1. The Morgan fingerprint density at radius 1 is 1.67 bits per heavy atom. The van der Waals surface area contributed by atoms with Crippen molar-refractivity contribution in [1.82, 2.24) is 9.78 Å². The van der Waals surface area contributed by atoms with Crippen LogP contribution in [0, 0.1) is 13.8 Å². The molecule has 0 saturated heterocycles. The highest BCUT2D eigenvalue weighted by molar-refractivity contribution is 7.79. The van der Waals surface area contributed by atoms with Crippen LogP contribution < -0.4 is 0 Å². The van der Waals surface area contributed by atoms with Crippen LogP contribution in [0.2, 0.25) is 0 Å². The predicted octanol–water partition coefficient (Wildman–Crippen LogP) is 1.39. The van der Waals surface area contributed by atoms with Gasteiger partial charge in [-0.2, -0.15) is 17.7 Å². The monoisotopic (exact) mass is 142 g/mol. The smallest absolute Gasteiger partial charge is 0.0837 e. The van der Waals surface area contributed by atoms with E-state index in [0.717, 1.165) is 5.69 Å². The van der Waals surface area contributed by atoms with Gasteiger partial charge in [0.2, 0.25) is 0 Å². The topological polar surface area (TPSA) is 17.8 Å². The molecule has 3 heteroatoms. The molecule has 9 heavy (non-hydrogen) atoms. The van der Waals surface area contributed by atoms with E-state index in [1.807, 2.05) is 24.6 Å². The molecule has 0 radical (unpaired) electrons. The summed E-state index contributed by atoms with van der Waals surface area (Å²) in [5.74, 6) is 0.666. The van der Waals surface area contributed by atoms with E-state index in [2.05, 4.69) is 17.7 Å². The summed E-state index contributed by atoms with van der Waals surface area (Å²) in [6.45, 7) is 4.00. The van der Waals surface area contributed by atoms with Crippen LogP contribution in [0.3, 0.4) is 0 Å². The Morgan fingerprint density at radius 2 is 2.33 bits per heavy atom. The Kier molecular flexibility index (Phi) is 1.81. The quantitative estimate of drug-likeness (QED) is 0.587. The first-order chi connectivity index (χ1) is 4.24. The second-order valence-corrected chi connectivity index (χ2v) is 2.35. The summed E-state index contributed by atoms with van der Waals surface area (Å²) in [7, 11) is 0. The molecule has 0 aliphatic carbocycles. The van der Waals surface area contributed by atoms with Crippen LogP contribution in [-0.4, -0.2) is 9.78 Å².